The van der Waals surface area contributed by atoms with Gasteiger partial charge in [0.1, 0.15) is 0 Å². The maximum Gasteiger partial charge on any atom is 0.0607 e. The lowest BCUT2D eigenvalue weighted by atomic mass is 10.1. The fourth-order valence-electron chi connectivity index (χ4n) is 2.69. The minimum absolute atomic E-state index is 0.777. The largest absolute Gasteiger partial charge is 0.354 e. The monoisotopic (exact) mass is 335 g/mol. The van der Waals surface area contributed by atoms with Crippen LogP contribution < -0.4 is 0 Å². The molecule has 0 saturated heterocycles. The second-order valence-corrected chi connectivity index (χ2v) is 6.76. The summed E-state index contributed by atoms with van der Waals surface area (Å²) in [4.78, 5) is 5.91. The lowest BCUT2D eigenvalue weighted by Gasteiger charge is -2.06. The Morgan fingerprint density at radius 2 is 1.43 bits per heavy atom. The van der Waals surface area contributed by atoms with Crippen molar-refractivity contribution in [2.45, 2.75) is 9.79 Å². The van der Waals surface area contributed by atoms with Crippen LogP contribution in [-0.4, -0.2) is 4.98 Å². The molecule has 0 fully saturated rings. The maximum absolute atomic E-state index is 6.50. The first-order valence-corrected chi connectivity index (χ1v) is 8.61. The topological polar surface area (TPSA) is 15.8 Å². The quantitative estimate of drug-likeness (QED) is 0.443. The normalized spacial score (nSPS) is 11.0. The van der Waals surface area contributed by atoms with Crippen molar-refractivity contribution >= 4 is 34.3 Å². The molecule has 1 heterocycles. The first kappa shape index (κ1) is 14.4. The van der Waals surface area contributed by atoms with Crippen molar-refractivity contribution in [3.05, 3.63) is 83.9 Å². The number of hydrogen-bond acceptors (Lipinski definition) is 1. The molecule has 3 aromatic carbocycles. The summed E-state index contributed by atoms with van der Waals surface area (Å²) in [5.41, 5.74) is 3.34. The van der Waals surface area contributed by atoms with Gasteiger partial charge in [-0.25, -0.2) is 0 Å². The number of halogens is 1. The van der Waals surface area contributed by atoms with Crippen molar-refractivity contribution in [3.8, 4) is 11.3 Å². The summed E-state index contributed by atoms with van der Waals surface area (Å²) in [5, 5.41) is 1.86. The molecule has 0 radical (unpaired) electrons. The Balaban J connectivity index is 1.95. The Kier molecular flexibility index (Phi) is 3.86. The molecule has 0 aliphatic heterocycles. The van der Waals surface area contributed by atoms with Gasteiger partial charge in [0.05, 0.1) is 10.7 Å². The van der Waals surface area contributed by atoms with E-state index in [-0.39, 0.29) is 0 Å². The van der Waals surface area contributed by atoms with Crippen LogP contribution in [0.25, 0.3) is 22.2 Å². The van der Waals surface area contributed by atoms with E-state index in [0.717, 1.165) is 27.2 Å². The molecule has 0 amide bonds. The number of hydrogen-bond donors (Lipinski definition) is 1. The van der Waals surface area contributed by atoms with Gasteiger partial charge in [0.25, 0.3) is 0 Å². The van der Waals surface area contributed by atoms with Crippen LogP contribution in [0.1, 0.15) is 0 Å². The Bertz CT molecular complexity index is 945. The van der Waals surface area contributed by atoms with Crippen molar-refractivity contribution in [1.29, 1.82) is 0 Å². The second kappa shape index (κ2) is 6.15. The number of aromatic nitrogens is 1. The number of H-pyrrole nitrogens is 1. The van der Waals surface area contributed by atoms with Crippen LogP contribution in [0.2, 0.25) is 5.02 Å². The molecule has 1 N–H and O–H groups in total. The number of nitrogens with one attached hydrogen (secondary N) is 1. The van der Waals surface area contributed by atoms with Crippen molar-refractivity contribution in [2.75, 3.05) is 0 Å². The Morgan fingerprint density at radius 1 is 0.739 bits per heavy atom. The lowest BCUT2D eigenvalue weighted by Crippen LogP contribution is -1.80. The van der Waals surface area contributed by atoms with Crippen LogP contribution in [0.5, 0.6) is 0 Å². The molecule has 1 aromatic heterocycles. The van der Waals surface area contributed by atoms with Gasteiger partial charge in [-0.3, -0.25) is 0 Å². The number of fused-ring (bicyclic) bond motifs is 1. The van der Waals surface area contributed by atoms with E-state index in [9.17, 15) is 0 Å². The molecule has 0 aliphatic rings. The summed E-state index contributed by atoms with van der Waals surface area (Å²) in [5.74, 6) is 0. The van der Waals surface area contributed by atoms with E-state index in [1.54, 1.807) is 11.8 Å². The van der Waals surface area contributed by atoms with E-state index >= 15 is 0 Å². The highest BCUT2D eigenvalue weighted by Gasteiger charge is 2.16. The third-order valence-corrected chi connectivity index (χ3v) is 5.19. The average molecular weight is 336 g/mol. The fourth-order valence-corrected chi connectivity index (χ4v) is 4.14. The molecule has 112 valence electrons. The highest BCUT2D eigenvalue weighted by atomic mass is 35.5. The molecule has 1 nitrogen and oxygen atoms in total. The van der Waals surface area contributed by atoms with E-state index < -0.39 is 0 Å². The summed E-state index contributed by atoms with van der Waals surface area (Å²) < 4.78 is 0. The Hall–Kier alpha value is -2.16. The summed E-state index contributed by atoms with van der Waals surface area (Å²) in [6, 6.07) is 26.8. The summed E-state index contributed by atoms with van der Waals surface area (Å²) in [6.45, 7) is 0. The van der Waals surface area contributed by atoms with E-state index in [4.69, 9.17) is 11.6 Å². The smallest absolute Gasteiger partial charge is 0.0607 e. The zero-order chi connectivity index (χ0) is 15.6. The molecule has 0 spiro atoms. The minimum atomic E-state index is 0.777. The van der Waals surface area contributed by atoms with E-state index in [2.05, 4.69) is 59.6 Å². The Labute approximate surface area is 144 Å². The van der Waals surface area contributed by atoms with Crippen LogP contribution in [0.4, 0.5) is 0 Å². The van der Waals surface area contributed by atoms with Gasteiger partial charge >= 0.3 is 0 Å². The van der Waals surface area contributed by atoms with Crippen molar-refractivity contribution in [3.63, 3.8) is 0 Å². The van der Waals surface area contributed by atoms with Gasteiger partial charge in [-0.05, 0) is 29.8 Å². The van der Waals surface area contributed by atoms with E-state index in [0.29, 0.717) is 0 Å². The highest BCUT2D eigenvalue weighted by molar-refractivity contribution is 7.99. The predicted octanol–water partition coefficient (Wildman–Crippen LogP) is 6.64. The summed E-state index contributed by atoms with van der Waals surface area (Å²) in [6.07, 6.45) is 0. The standard InChI is InChI=1S/C20H14ClNS/c21-16-12-7-13-17-18(16)20(23-15-10-5-2-6-11-15)19(22-17)14-8-3-1-4-9-14/h1-13,22H. The molecule has 0 aliphatic carbocycles. The van der Waals surface area contributed by atoms with Crippen molar-refractivity contribution in [1.82, 2.24) is 4.98 Å². The minimum Gasteiger partial charge on any atom is -0.354 e. The maximum atomic E-state index is 6.50. The molecule has 4 aromatic rings. The van der Waals surface area contributed by atoms with Gasteiger partial charge in [-0.15, -0.1) is 0 Å². The highest BCUT2D eigenvalue weighted by Crippen LogP contribution is 2.43. The summed E-state index contributed by atoms with van der Waals surface area (Å²) in [7, 11) is 0. The molecular weight excluding hydrogens is 322 g/mol. The lowest BCUT2D eigenvalue weighted by molar-refractivity contribution is 1.38. The van der Waals surface area contributed by atoms with Gasteiger partial charge in [0.2, 0.25) is 0 Å². The molecule has 3 heteroatoms. The first-order chi connectivity index (χ1) is 11.3. The number of aromatic amines is 1. The van der Waals surface area contributed by atoms with Crippen LogP contribution in [0, 0.1) is 0 Å². The molecule has 0 saturated carbocycles. The zero-order valence-corrected chi connectivity index (χ0v) is 13.9. The predicted molar refractivity (Wildman–Crippen MR) is 99.3 cm³/mol. The third-order valence-electron chi connectivity index (χ3n) is 3.75. The van der Waals surface area contributed by atoms with Gasteiger partial charge < -0.3 is 4.98 Å². The number of rotatable bonds is 3. The van der Waals surface area contributed by atoms with Crippen molar-refractivity contribution < 1.29 is 0 Å². The van der Waals surface area contributed by atoms with Crippen LogP contribution in [0.15, 0.2) is 88.7 Å². The summed E-state index contributed by atoms with van der Waals surface area (Å²) >= 11 is 8.24. The van der Waals surface area contributed by atoms with E-state index in [1.807, 2.05) is 24.3 Å². The average Bonchev–Trinajstić information content (AvgIpc) is 2.96. The van der Waals surface area contributed by atoms with Crippen molar-refractivity contribution in [2.24, 2.45) is 0 Å². The van der Waals surface area contributed by atoms with E-state index in [1.165, 1.54) is 9.79 Å². The van der Waals surface area contributed by atoms with Gasteiger partial charge in [-0.1, -0.05) is 78.0 Å². The SMILES string of the molecule is Clc1cccc2[nH]c(-c3ccccc3)c(Sc3ccccc3)c12. The van der Waals surface area contributed by atoms with Gasteiger partial charge in [0, 0.05) is 20.7 Å². The van der Waals surface area contributed by atoms with Gasteiger partial charge in [0.15, 0.2) is 0 Å². The van der Waals surface area contributed by atoms with Crippen LogP contribution in [-0.2, 0) is 0 Å². The molecule has 0 bridgehead atoms. The first-order valence-electron chi connectivity index (χ1n) is 7.41. The van der Waals surface area contributed by atoms with Crippen LogP contribution in [0.3, 0.4) is 0 Å². The molecule has 4 rings (SSSR count). The fraction of sp³-hybridized carbons (Fsp3) is 0. The molecule has 0 atom stereocenters. The molecular formula is C20H14ClNS. The Morgan fingerprint density at radius 3 is 2.17 bits per heavy atom. The number of benzene rings is 3. The third kappa shape index (κ3) is 2.76. The molecule has 23 heavy (non-hydrogen) atoms. The zero-order valence-electron chi connectivity index (χ0n) is 12.3. The van der Waals surface area contributed by atoms with Crippen LogP contribution >= 0.6 is 23.4 Å². The second-order valence-electron chi connectivity index (χ2n) is 5.27. The molecule has 0 unspecified atom stereocenters. The van der Waals surface area contributed by atoms with Gasteiger partial charge in [-0.2, -0.15) is 0 Å².